The number of ether oxygens (including phenoxy) is 1. The first-order valence-corrected chi connectivity index (χ1v) is 9.21. The zero-order valence-electron chi connectivity index (χ0n) is 16.7. The fraction of sp³-hybridized carbons (Fsp3) is 0.318. The predicted molar refractivity (Wildman–Crippen MR) is 107 cm³/mol. The number of aromatic nitrogens is 2. The van der Waals surface area contributed by atoms with Crippen LogP contribution in [0.2, 0.25) is 0 Å². The molecule has 6 nitrogen and oxygen atoms in total. The van der Waals surface area contributed by atoms with Gasteiger partial charge in [-0.05, 0) is 30.0 Å². The lowest BCUT2D eigenvalue weighted by Gasteiger charge is -2.19. The van der Waals surface area contributed by atoms with Crippen molar-refractivity contribution in [2.24, 2.45) is 0 Å². The molecule has 3 rings (SSSR count). The lowest BCUT2D eigenvalue weighted by atomic mass is 9.87. The minimum absolute atomic E-state index is 0.0756. The van der Waals surface area contributed by atoms with Crippen LogP contribution in [0.4, 0.5) is 0 Å². The summed E-state index contributed by atoms with van der Waals surface area (Å²) in [4.78, 5) is 16.3. The molecule has 0 spiro atoms. The molecule has 0 aliphatic rings. The Morgan fingerprint density at radius 3 is 2.39 bits per heavy atom. The predicted octanol–water partition coefficient (Wildman–Crippen LogP) is 4.04. The average Bonchev–Trinajstić information content (AvgIpc) is 3.14. The summed E-state index contributed by atoms with van der Waals surface area (Å²) in [5.41, 5.74) is 3.32. The molecule has 0 fully saturated rings. The molecule has 1 N–H and O–H groups in total. The highest BCUT2D eigenvalue weighted by Gasteiger charge is 2.13. The van der Waals surface area contributed by atoms with Crippen LogP contribution in [0.5, 0.6) is 5.75 Å². The van der Waals surface area contributed by atoms with Gasteiger partial charge in [-0.3, -0.25) is 4.79 Å². The number of aryl methyl sites for hydroxylation is 1. The van der Waals surface area contributed by atoms with Gasteiger partial charge < -0.3 is 14.6 Å². The Hall–Kier alpha value is -3.15. The van der Waals surface area contributed by atoms with E-state index in [0.29, 0.717) is 17.5 Å². The fourth-order valence-electron chi connectivity index (χ4n) is 2.57. The molecule has 6 heteroatoms. The van der Waals surface area contributed by atoms with Crippen molar-refractivity contribution in [2.75, 3.05) is 6.61 Å². The minimum Gasteiger partial charge on any atom is -0.484 e. The molecule has 28 heavy (non-hydrogen) atoms. The third-order valence-corrected chi connectivity index (χ3v) is 4.30. The van der Waals surface area contributed by atoms with Gasteiger partial charge in [-0.1, -0.05) is 67.9 Å². The van der Waals surface area contributed by atoms with Crippen molar-refractivity contribution in [3.05, 3.63) is 65.5 Å². The molecule has 0 bridgehead atoms. The maximum Gasteiger partial charge on any atom is 0.258 e. The van der Waals surface area contributed by atoms with E-state index in [9.17, 15) is 4.79 Å². The largest absolute Gasteiger partial charge is 0.484 e. The molecule has 2 aromatic carbocycles. The van der Waals surface area contributed by atoms with Gasteiger partial charge in [0.05, 0.1) is 6.54 Å². The first-order valence-electron chi connectivity index (χ1n) is 9.21. The van der Waals surface area contributed by atoms with Gasteiger partial charge in [-0.25, -0.2) is 0 Å². The molecule has 1 amide bonds. The second-order valence-electron chi connectivity index (χ2n) is 7.72. The Balaban J connectivity index is 1.47. The van der Waals surface area contributed by atoms with Gasteiger partial charge in [0, 0.05) is 5.56 Å². The van der Waals surface area contributed by atoms with Gasteiger partial charge >= 0.3 is 0 Å². The Morgan fingerprint density at radius 2 is 1.75 bits per heavy atom. The van der Waals surface area contributed by atoms with Gasteiger partial charge in [0.1, 0.15) is 5.75 Å². The van der Waals surface area contributed by atoms with Crippen LogP contribution in [0.25, 0.3) is 11.4 Å². The molecule has 0 radical (unpaired) electrons. The topological polar surface area (TPSA) is 77.2 Å². The van der Waals surface area contributed by atoms with Crippen molar-refractivity contribution >= 4 is 5.91 Å². The number of benzene rings is 2. The van der Waals surface area contributed by atoms with Crippen molar-refractivity contribution in [3.63, 3.8) is 0 Å². The number of carbonyl (C=O) groups is 1. The van der Waals surface area contributed by atoms with Crippen LogP contribution in [-0.4, -0.2) is 22.7 Å². The maximum absolute atomic E-state index is 12.0. The summed E-state index contributed by atoms with van der Waals surface area (Å²) in [6.45, 7) is 8.55. The van der Waals surface area contributed by atoms with E-state index < -0.39 is 0 Å². The summed E-state index contributed by atoms with van der Waals surface area (Å²) in [6, 6.07) is 15.6. The van der Waals surface area contributed by atoms with Crippen LogP contribution in [0.15, 0.2) is 53.1 Å². The van der Waals surface area contributed by atoms with Crippen molar-refractivity contribution in [1.29, 1.82) is 0 Å². The molecule has 0 saturated heterocycles. The highest BCUT2D eigenvalue weighted by Crippen LogP contribution is 2.24. The molecule has 0 saturated carbocycles. The number of rotatable bonds is 6. The van der Waals surface area contributed by atoms with Crippen molar-refractivity contribution in [3.8, 4) is 17.1 Å². The van der Waals surface area contributed by atoms with Crippen LogP contribution in [0, 0.1) is 6.92 Å². The van der Waals surface area contributed by atoms with E-state index in [-0.39, 0.29) is 24.5 Å². The summed E-state index contributed by atoms with van der Waals surface area (Å²) in [5.74, 6) is 1.25. The summed E-state index contributed by atoms with van der Waals surface area (Å²) < 4.78 is 10.7. The smallest absolute Gasteiger partial charge is 0.258 e. The number of nitrogens with zero attached hydrogens (tertiary/aromatic N) is 2. The Morgan fingerprint density at radius 1 is 1.07 bits per heavy atom. The van der Waals surface area contributed by atoms with E-state index in [2.05, 4.69) is 36.2 Å². The van der Waals surface area contributed by atoms with Gasteiger partial charge in [0.15, 0.2) is 6.61 Å². The van der Waals surface area contributed by atoms with E-state index in [1.54, 1.807) is 0 Å². The summed E-state index contributed by atoms with van der Waals surface area (Å²) in [6.07, 6.45) is 0. The van der Waals surface area contributed by atoms with Gasteiger partial charge in [0.25, 0.3) is 5.91 Å². The maximum atomic E-state index is 12.0. The first kappa shape index (κ1) is 19.6. The van der Waals surface area contributed by atoms with Crippen molar-refractivity contribution in [1.82, 2.24) is 15.5 Å². The molecule has 0 aliphatic heterocycles. The molecule has 0 aliphatic carbocycles. The molecule has 0 unspecified atom stereocenters. The third kappa shape index (κ3) is 5.19. The highest BCUT2D eigenvalue weighted by atomic mass is 16.5. The number of nitrogens with one attached hydrogen (secondary N) is 1. The van der Waals surface area contributed by atoms with Crippen LogP contribution in [-0.2, 0) is 16.8 Å². The Labute approximate surface area is 164 Å². The van der Waals surface area contributed by atoms with E-state index in [1.165, 1.54) is 5.56 Å². The average molecular weight is 379 g/mol. The van der Waals surface area contributed by atoms with E-state index in [0.717, 1.165) is 11.1 Å². The molecule has 1 aromatic heterocycles. The second kappa shape index (κ2) is 8.25. The Bertz CT molecular complexity index is 923. The summed E-state index contributed by atoms with van der Waals surface area (Å²) >= 11 is 0. The normalized spacial score (nSPS) is 11.3. The quantitative estimate of drug-likeness (QED) is 0.699. The third-order valence-electron chi connectivity index (χ3n) is 4.30. The Kier molecular flexibility index (Phi) is 5.78. The van der Waals surface area contributed by atoms with Crippen molar-refractivity contribution < 1.29 is 14.1 Å². The number of hydrogen-bond donors (Lipinski definition) is 1. The number of hydrogen-bond acceptors (Lipinski definition) is 5. The summed E-state index contributed by atoms with van der Waals surface area (Å²) in [7, 11) is 0. The van der Waals surface area contributed by atoms with E-state index in [4.69, 9.17) is 9.26 Å². The lowest BCUT2D eigenvalue weighted by Crippen LogP contribution is -2.28. The lowest BCUT2D eigenvalue weighted by molar-refractivity contribution is -0.123. The number of carbonyl (C=O) groups excluding carboxylic acids is 1. The van der Waals surface area contributed by atoms with Gasteiger partial charge in [-0.2, -0.15) is 4.98 Å². The van der Waals surface area contributed by atoms with Gasteiger partial charge in [-0.15, -0.1) is 0 Å². The molecule has 3 aromatic rings. The van der Waals surface area contributed by atoms with Crippen molar-refractivity contribution in [2.45, 2.75) is 39.7 Å². The molecular formula is C22H25N3O3. The minimum atomic E-state index is -0.255. The number of amides is 1. The molecule has 146 valence electrons. The monoisotopic (exact) mass is 379 g/mol. The fourth-order valence-corrected chi connectivity index (χ4v) is 2.57. The zero-order chi connectivity index (χ0) is 20.1. The highest BCUT2D eigenvalue weighted by molar-refractivity contribution is 5.77. The van der Waals surface area contributed by atoms with E-state index >= 15 is 0 Å². The zero-order valence-corrected chi connectivity index (χ0v) is 16.7. The van der Waals surface area contributed by atoms with Crippen LogP contribution in [0.3, 0.4) is 0 Å². The van der Waals surface area contributed by atoms with E-state index in [1.807, 2.05) is 55.5 Å². The first-order chi connectivity index (χ1) is 13.3. The van der Waals surface area contributed by atoms with Crippen LogP contribution < -0.4 is 10.1 Å². The molecule has 1 heterocycles. The van der Waals surface area contributed by atoms with Crippen LogP contribution >= 0.6 is 0 Å². The molecule has 0 atom stereocenters. The SMILES string of the molecule is Cc1ccc(-c2noc(CNC(=O)COc3ccc(C(C)(C)C)cc3)n2)cc1. The molecular weight excluding hydrogens is 354 g/mol. The van der Waals surface area contributed by atoms with Gasteiger partial charge in [0.2, 0.25) is 11.7 Å². The second-order valence-corrected chi connectivity index (χ2v) is 7.72. The summed E-state index contributed by atoms with van der Waals surface area (Å²) in [5, 5.41) is 6.67. The van der Waals surface area contributed by atoms with Crippen LogP contribution in [0.1, 0.15) is 37.8 Å². The standard InChI is InChI=1S/C22H25N3O3/c1-15-5-7-16(8-6-15)21-24-20(28-25-21)13-23-19(26)14-27-18-11-9-17(10-12-18)22(2,3)4/h5-12H,13-14H2,1-4H3,(H,23,26).